The Hall–Kier alpha value is -0.410. The Labute approximate surface area is 97.4 Å². The highest BCUT2D eigenvalue weighted by Gasteiger charge is 2.53. The number of hydrogen-bond acceptors (Lipinski definition) is 1. The maximum Gasteiger partial charge on any atom is 0.137 e. The molecule has 2 unspecified atom stereocenters. The molecule has 1 aliphatic carbocycles. The average Bonchev–Trinajstić information content (AvgIpc) is 2.84. The van der Waals surface area contributed by atoms with Crippen LogP contribution in [0.15, 0.2) is 22.7 Å². The maximum absolute atomic E-state index is 13.0. The highest BCUT2D eigenvalue weighted by Crippen LogP contribution is 2.54. The molecular formula is C12H14BrFO. The zero-order chi connectivity index (χ0) is 11.1. The van der Waals surface area contributed by atoms with Gasteiger partial charge in [-0.2, -0.15) is 0 Å². The molecule has 1 aromatic rings. The molecule has 1 saturated carbocycles. The third kappa shape index (κ3) is 1.95. The predicted molar refractivity (Wildman–Crippen MR) is 61.0 cm³/mol. The summed E-state index contributed by atoms with van der Waals surface area (Å²) < 4.78 is 13.5. The second kappa shape index (κ2) is 3.87. The summed E-state index contributed by atoms with van der Waals surface area (Å²) in [6.07, 6.45) is 2.92. The fourth-order valence-electron chi connectivity index (χ4n) is 2.12. The lowest BCUT2D eigenvalue weighted by molar-refractivity contribution is 0.129. The number of halogens is 2. The van der Waals surface area contributed by atoms with Crippen LogP contribution in [0.3, 0.4) is 0 Å². The van der Waals surface area contributed by atoms with Crippen molar-refractivity contribution in [2.24, 2.45) is 5.92 Å². The fraction of sp³-hybridized carbons (Fsp3) is 0.500. The van der Waals surface area contributed by atoms with E-state index in [1.54, 1.807) is 12.1 Å². The Morgan fingerprint density at radius 1 is 1.60 bits per heavy atom. The van der Waals surface area contributed by atoms with Gasteiger partial charge in [0.15, 0.2) is 0 Å². The van der Waals surface area contributed by atoms with Crippen LogP contribution in [-0.4, -0.2) is 5.11 Å². The molecule has 3 heteroatoms. The molecular weight excluding hydrogens is 259 g/mol. The molecule has 0 heterocycles. The van der Waals surface area contributed by atoms with Gasteiger partial charge in [-0.3, -0.25) is 0 Å². The molecule has 0 aliphatic heterocycles. The topological polar surface area (TPSA) is 20.2 Å². The number of rotatable bonds is 3. The largest absolute Gasteiger partial charge is 0.385 e. The van der Waals surface area contributed by atoms with Crippen LogP contribution in [-0.2, 0) is 5.60 Å². The second-order valence-electron chi connectivity index (χ2n) is 4.24. The minimum Gasteiger partial charge on any atom is -0.385 e. The van der Waals surface area contributed by atoms with Gasteiger partial charge in [-0.1, -0.05) is 19.4 Å². The molecule has 1 N–H and O–H groups in total. The van der Waals surface area contributed by atoms with Crippen molar-refractivity contribution in [1.29, 1.82) is 0 Å². The van der Waals surface area contributed by atoms with Gasteiger partial charge < -0.3 is 5.11 Å². The first-order valence-electron chi connectivity index (χ1n) is 5.26. The molecule has 82 valence electrons. The first-order chi connectivity index (χ1) is 7.08. The van der Waals surface area contributed by atoms with Crippen LogP contribution in [0.25, 0.3) is 0 Å². The molecule has 1 aliphatic rings. The van der Waals surface area contributed by atoms with E-state index >= 15 is 0 Å². The smallest absolute Gasteiger partial charge is 0.137 e. The third-order valence-corrected chi connectivity index (χ3v) is 3.74. The number of benzene rings is 1. The lowest BCUT2D eigenvalue weighted by Crippen LogP contribution is -2.08. The first kappa shape index (κ1) is 11.1. The van der Waals surface area contributed by atoms with Crippen LogP contribution in [0.5, 0.6) is 0 Å². The summed E-state index contributed by atoms with van der Waals surface area (Å²) in [6, 6.07) is 4.76. The normalized spacial score (nSPS) is 29.2. The molecule has 15 heavy (non-hydrogen) atoms. The molecule has 0 radical (unpaired) electrons. The number of aliphatic hydroxyl groups is 1. The van der Waals surface area contributed by atoms with E-state index in [2.05, 4.69) is 22.9 Å². The molecule has 0 amide bonds. The minimum absolute atomic E-state index is 0.282. The maximum atomic E-state index is 13.0. The fourth-order valence-corrected chi connectivity index (χ4v) is 2.50. The lowest BCUT2D eigenvalue weighted by atomic mass is 10.0. The highest BCUT2D eigenvalue weighted by atomic mass is 79.9. The Kier molecular flexibility index (Phi) is 2.86. The molecule has 0 bridgehead atoms. The quantitative estimate of drug-likeness (QED) is 0.892. The zero-order valence-electron chi connectivity index (χ0n) is 8.63. The zero-order valence-corrected chi connectivity index (χ0v) is 10.2. The van der Waals surface area contributed by atoms with Gasteiger partial charge in [-0.25, -0.2) is 4.39 Å². The van der Waals surface area contributed by atoms with Crippen molar-refractivity contribution in [3.63, 3.8) is 0 Å². The van der Waals surface area contributed by atoms with E-state index in [-0.39, 0.29) is 5.82 Å². The Morgan fingerprint density at radius 2 is 2.33 bits per heavy atom. The summed E-state index contributed by atoms with van der Waals surface area (Å²) in [5.41, 5.74) is 0.126. The van der Waals surface area contributed by atoms with Crippen molar-refractivity contribution >= 4 is 15.9 Å². The Morgan fingerprint density at radius 3 is 2.93 bits per heavy atom. The van der Waals surface area contributed by atoms with Gasteiger partial charge in [0.05, 0.1) is 10.1 Å². The first-order valence-corrected chi connectivity index (χ1v) is 6.05. The van der Waals surface area contributed by atoms with Gasteiger partial charge in [0.2, 0.25) is 0 Å². The summed E-state index contributed by atoms with van der Waals surface area (Å²) >= 11 is 3.14. The monoisotopic (exact) mass is 272 g/mol. The van der Waals surface area contributed by atoms with Gasteiger partial charge >= 0.3 is 0 Å². The number of hydrogen-bond donors (Lipinski definition) is 1. The van der Waals surface area contributed by atoms with Crippen LogP contribution in [0.2, 0.25) is 0 Å². The van der Waals surface area contributed by atoms with Crippen LogP contribution >= 0.6 is 15.9 Å². The van der Waals surface area contributed by atoms with E-state index in [9.17, 15) is 9.50 Å². The summed E-state index contributed by atoms with van der Waals surface area (Å²) in [4.78, 5) is 0. The van der Waals surface area contributed by atoms with E-state index in [1.807, 2.05) is 0 Å². The summed E-state index contributed by atoms with van der Waals surface area (Å²) in [7, 11) is 0. The van der Waals surface area contributed by atoms with Crippen LogP contribution < -0.4 is 0 Å². The van der Waals surface area contributed by atoms with E-state index in [0.717, 1.165) is 24.8 Å². The van der Waals surface area contributed by atoms with Gasteiger partial charge in [0, 0.05) is 0 Å². The summed E-state index contributed by atoms with van der Waals surface area (Å²) in [5.74, 6) is 0.0647. The molecule has 0 aromatic heterocycles. The molecule has 2 atom stereocenters. The van der Waals surface area contributed by atoms with Crippen molar-refractivity contribution in [3.8, 4) is 0 Å². The SMILES string of the molecule is CCCC1CC1(O)c1ccc(F)c(Br)c1. The van der Waals surface area contributed by atoms with Crippen LogP contribution in [0.1, 0.15) is 31.7 Å². The van der Waals surface area contributed by atoms with Crippen molar-refractivity contribution < 1.29 is 9.50 Å². The predicted octanol–water partition coefficient (Wildman–Crippen LogP) is 3.60. The minimum atomic E-state index is -0.702. The van der Waals surface area contributed by atoms with Gasteiger partial charge in [-0.05, 0) is 52.4 Å². The average molecular weight is 273 g/mol. The third-order valence-electron chi connectivity index (χ3n) is 3.13. The molecule has 1 aromatic carbocycles. The Balaban J connectivity index is 2.21. The Bertz CT molecular complexity index is 380. The molecule has 1 nitrogen and oxygen atoms in total. The highest BCUT2D eigenvalue weighted by molar-refractivity contribution is 9.10. The molecule has 0 saturated heterocycles. The van der Waals surface area contributed by atoms with Crippen LogP contribution in [0, 0.1) is 11.7 Å². The molecule has 0 spiro atoms. The van der Waals surface area contributed by atoms with E-state index in [1.165, 1.54) is 6.07 Å². The van der Waals surface area contributed by atoms with Gasteiger partial charge in [0.25, 0.3) is 0 Å². The van der Waals surface area contributed by atoms with Crippen molar-refractivity contribution in [2.45, 2.75) is 31.8 Å². The van der Waals surface area contributed by atoms with Crippen molar-refractivity contribution in [2.75, 3.05) is 0 Å². The lowest BCUT2D eigenvalue weighted by Gasteiger charge is -2.11. The summed E-state index contributed by atoms with van der Waals surface area (Å²) in [6.45, 7) is 2.11. The molecule has 2 rings (SSSR count). The standard InChI is InChI=1S/C12H14BrFO/c1-2-3-9-7-12(9,15)8-4-5-11(14)10(13)6-8/h4-6,9,15H,2-3,7H2,1H3. The van der Waals surface area contributed by atoms with E-state index < -0.39 is 5.60 Å². The van der Waals surface area contributed by atoms with Gasteiger partial charge in [-0.15, -0.1) is 0 Å². The van der Waals surface area contributed by atoms with Crippen molar-refractivity contribution in [3.05, 3.63) is 34.1 Å². The molecule has 1 fully saturated rings. The summed E-state index contributed by atoms with van der Waals surface area (Å²) in [5, 5.41) is 10.3. The van der Waals surface area contributed by atoms with Crippen LogP contribution in [0.4, 0.5) is 4.39 Å². The van der Waals surface area contributed by atoms with E-state index in [0.29, 0.717) is 10.4 Å². The second-order valence-corrected chi connectivity index (χ2v) is 5.10. The van der Waals surface area contributed by atoms with E-state index in [4.69, 9.17) is 0 Å². The van der Waals surface area contributed by atoms with Crippen molar-refractivity contribution in [1.82, 2.24) is 0 Å². The van der Waals surface area contributed by atoms with Gasteiger partial charge in [0.1, 0.15) is 5.82 Å².